The molecule has 2 amide bonds. The fraction of sp³-hybridized carbons (Fsp3) is 0.360. The largest absolute Gasteiger partial charge is 0.488 e. The molecule has 0 saturated carbocycles. The van der Waals surface area contributed by atoms with Gasteiger partial charge in [0.25, 0.3) is 0 Å². The predicted octanol–water partition coefficient (Wildman–Crippen LogP) is 7.44. The number of hydrogen-bond acceptors (Lipinski definition) is 13. The number of fused-ring (bicyclic) bond motifs is 4. The Labute approximate surface area is 383 Å². The van der Waals surface area contributed by atoms with Gasteiger partial charge in [-0.15, -0.1) is 0 Å². The molecule has 0 fully saturated rings. The summed E-state index contributed by atoms with van der Waals surface area (Å²) in [6.45, 7) is 4.85. The van der Waals surface area contributed by atoms with E-state index in [1.54, 1.807) is 19.3 Å². The van der Waals surface area contributed by atoms with Crippen LogP contribution in [0, 0.1) is 0 Å². The number of benzene rings is 2. The van der Waals surface area contributed by atoms with Crippen LogP contribution in [-0.4, -0.2) is 81.7 Å². The van der Waals surface area contributed by atoms with Gasteiger partial charge in [0.1, 0.15) is 13.2 Å². The van der Waals surface area contributed by atoms with Crippen LogP contribution in [-0.2, 0) is 36.8 Å². The molecular formula is C50H56N8O8. The van der Waals surface area contributed by atoms with Crippen molar-refractivity contribution in [3.05, 3.63) is 120 Å². The van der Waals surface area contributed by atoms with Crippen LogP contribution in [0.2, 0.25) is 0 Å². The molecule has 6 heterocycles. The van der Waals surface area contributed by atoms with E-state index >= 15 is 0 Å². The third kappa shape index (κ3) is 13.6. The van der Waals surface area contributed by atoms with Crippen LogP contribution in [0.15, 0.2) is 97.3 Å². The van der Waals surface area contributed by atoms with E-state index in [0.717, 1.165) is 107 Å². The molecular weight excluding hydrogens is 841 g/mol. The topological polar surface area (TPSA) is 216 Å². The number of aromatic nitrogens is 4. The molecule has 2 aliphatic rings. The fourth-order valence-electron chi connectivity index (χ4n) is 7.74. The number of aliphatic carboxylic acids is 1. The molecule has 66 heavy (non-hydrogen) atoms. The molecule has 2 aromatic carbocycles. The van der Waals surface area contributed by atoms with Crippen LogP contribution >= 0.6 is 0 Å². The monoisotopic (exact) mass is 896 g/mol. The Morgan fingerprint density at radius 3 is 1.64 bits per heavy atom. The van der Waals surface area contributed by atoms with Crippen molar-refractivity contribution in [1.29, 1.82) is 0 Å². The van der Waals surface area contributed by atoms with E-state index in [9.17, 15) is 24.3 Å². The number of nitrogens with one attached hydrogen (secondary N) is 4. The van der Waals surface area contributed by atoms with Crippen LogP contribution in [0.5, 0.6) is 11.5 Å². The Morgan fingerprint density at radius 2 is 1.15 bits per heavy atom. The molecule has 16 heteroatoms. The quantitative estimate of drug-likeness (QED) is 0.0395. The third-order valence-corrected chi connectivity index (χ3v) is 11.1. The third-order valence-electron chi connectivity index (χ3n) is 11.1. The molecule has 8 rings (SSSR count). The van der Waals surface area contributed by atoms with Gasteiger partial charge in [0.05, 0.1) is 55.7 Å². The van der Waals surface area contributed by atoms with Crippen molar-refractivity contribution in [2.24, 2.45) is 0 Å². The Bertz CT molecular complexity index is 2630. The lowest BCUT2D eigenvalue weighted by Gasteiger charge is -2.19. The summed E-state index contributed by atoms with van der Waals surface area (Å²) in [4.78, 5) is 66.8. The maximum Gasteiger partial charge on any atom is 0.308 e. The van der Waals surface area contributed by atoms with Crippen LogP contribution in [0.4, 0.5) is 11.6 Å². The van der Waals surface area contributed by atoms with Gasteiger partial charge in [0, 0.05) is 47.4 Å². The van der Waals surface area contributed by atoms with E-state index in [4.69, 9.17) is 14.2 Å². The highest BCUT2D eigenvalue weighted by Crippen LogP contribution is 2.28. The first-order valence-electron chi connectivity index (χ1n) is 22.6. The normalized spacial score (nSPS) is 13.4. The summed E-state index contributed by atoms with van der Waals surface area (Å²) in [6.07, 6.45) is 8.49. The second-order valence-electron chi connectivity index (χ2n) is 16.0. The first kappa shape index (κ1) is 46.6. The maximum absolute atomic E-state index is 12.7. The molecule has 2 atom stereocenters. The van der Waals surface area contributed by atoms with Gasteiger partial charge in [0.2, 0.25) is 11.8 Å². The number of carbonyl (C=O) groups is 4. The van der Waals surface area contributed by atoms with E-state index in [-0.39, 0.29) is 30.6 Å². The summed E-state index contributed by atoms with van der Waals surface area (Å²) in [6, 6.07) is 25.9. The maximum atomic E-state index is 12.7. The number of carboxylic acids is 1. The van der Waals surface area contributed by atoms with Crippen molar-refractivity contribution in [1.82, 2.24) is 30.6 Å². The van der Waals surface area contributed by atoms with Crippen LogP contribution in [0.3, 0.4) is 0 Å². The van der Waals surface area contributed by atoms with Gasteiger partial charge in [-0.3, -0.25) is 29.1 Å². The van der Waals surface area contributed by atoms with Gasteiger partial charge < -0.3 is 40.6 Å². The van der Waals surface area contributed by atoms with Crippen molar-refractivity contribution < 1.29 is 38.5 Å². The number of ether oxygens (including phenoxy) is 3. The Morgan fingerprint density at radius 1 is 0.667 bits per heavy atom. The highest BCUT2D eigenvalue weighted by atomic mass is 16.5. The number of amides is 2. The Kier molecular flexibility index (Phi) is 16.6. The Hall–Kier alpha value is -7.36. The zero-order valence-corrected chi connectivity index (χ0v) is 37.1. The van der Waals surface area contributed by atoms with Crippen molar-refractivity contribution in [2.45, 2.75) is 83.2 Å². The summed E-state index contributed by atoms with van der Waals surface area (Å²) < 4.78 is 16.2. The van der Waals surface area contributed by atoms with Gasteiger partial charge in [0.15, 0.2) is 23.1 Å². The molecule has 0 unspecified atom stereocenters. The molecule has 2 aliphatic heterocycles. The molecule has 16 nitrogen and oxygen atoms in total. The molecule has 6 aromatic rings. The number of carbonyl (C=O) groups excluding carboxylic acids is 3. The fourth-order valence-corrected chi connectivity index (χ4v) is 7.74. The van der Waals surface area contributed by atoms with Crippen molar-refractivity contribution in [3.63, 3.8) is 0 Å². The number of carboxylic acid groups (broad SMARTS) is 1. The second-order valence-corrected chi connectivity index (χ2v) is 16.0. The molecule has 0 spiro atoms. The van der Waals surface area contributed by atoms with E-state index in [2.05, 4.69) is 41.2 Å². The van der Waals surface area contributed by atoms with Gasteiger partial charge in [-0.1, -0.05) is 36.4 Å². The molecule has 0 saturated heterocycles. The lowest BCUT2D eigenvalue weighted by molar-refractivity contribution is -0.144. The highest BCUT2D eigenvalue weighted by Gasteiger charge is 2.22. The molecule has 0 radical (unpaired) electrons. The number of hydrogen-bond donors (Lipinski definition) is 5. The molecule has 344 valence electrons. The number of pyridine rings is 4. The predicted molar refractivity (Wildman–Crippen MR) is 250 cm³/mol. The summed E-state index contributed by atoms with van der Waals surface area (Å²) in [7, 11) is 0. The van der Waals surface area contributed by atoms with E-state index in [0.29, 0.717) is 44.6 Å². The average molecular weight is 897 g/mol. The number of esters is 1. The lowest BCUT2D eigenvalue weighted by atomic mass is 10.0. The van der Waals surface area contributed by atoms with E-state index in [1.807, 2.05) is 84.9 Å². The number of para-hydroxylation sites is 2. The second kappa shape index (κ2) is 23.5. The summed E-state index contributed by atoms with van der Waals surface area (Å²) >= 11 is 0. The minimum absolute atomic E-state index is 0.0632. The number of unbranched alkanes of at least 4 members (excludes halogenated alkanes) is 2. The van der Waals surface area contributed by atoms with Crippen molar-refractivity contribution in [3.8, 4) is 11.5 Å². The van der Waals surface area contributed by atoms with Gasteiger partial charge in [-0.05, 0) is 105 Å². The van der Waals surface area contributed by atoms with E-state index < -0.39 is 18.1 Å². The number of nitrogens with zero attached hydrogens (tertiary/aromatic N) is 4. The smallest absolute Gasteiger partial charge is 0.308 e. The summed E-state index contributed by atoms with van der Waals surface area (Å²) in [5.74, 6) is 1.52. The van der Waals surface area contributed by atoms with Gasteiger partial charge in [-0.2, -0.15) is 0 Å². The summed E-state index contributed by atoms with van der Waals surface area (Å²) in [5.41, 5.74) is 5.09. The SMILES string of the molecule is CCOC(=O)C[C@H](NC(=O)CCCCc1ccc2c(n1)NCCO2)c1cnc2ccccc2c1.O=C(O)C[C@H](NC(=O)CCCCc1ccc2c(n1)NCCO2)c1cnc2ccccc2c1. The molecule has 0 aliphatic carbocycles. The zero-order valence-electron chi connectivity index (χ0n) is 37.1. The number of anilines is 2. The zero-order chi connectivity index (χ0) is 46.1. The Balaban J connectivity index is 0.000000197. The first-order chi connectivity index (χ1) is 32.2. The number of rotatable bonds is 19. The van der Waals surface area contributed by atoms with Gasteiger partial charge >= 0.3 is 11.9 Å². The standard InChI is InChI=1S/C26H30N4O4.C24H26N4O4/c1-2-33-25(32)16-22(19-15-18-7-3-5-9-21(18)28-17-19)30-24(31)10-6-4-8-20-11-12-23-26(29-20)27-13-14-34-23;29-22(8-4-2-6-18-9-10-21-24(27-18)25-11-12-32-21)28-20(14-23(30)31)17-13-16-5-1-3-7-19(16)26-15-17/h3,5,7,9,11-12,15,17,22H,2,4,6,8,10,13-14,16H2,1H3,(H,27,29)(H,30,31);1,3,5,7,9-10,13,15,20H,2,4,6,8,11-12,14H2,(H,25,27)(H,28,29)(H,30,31)/t22-;20-/m00/s1. The highest BCUT2D eigenvalue weighted by molar-refractivity contribution is 5.82. The van der Waals surface area contributed by atoms with Gasteiger partial charge in [-0.25, -0.2) is 9.97 Å². The molecule has 5 N–H and O–H groups in total. The molecule has 0 bridgehead atoms. The first-order valence-corrected chi connectivity index (χ1v) is 22.6. The molecule has 4 aromatic heterocycles. The van der Waals surface area contributed by atoms with Crippen molar-refractivity contribution >= 4 is 57.2 Å². The minimum Gasteiger partial charge on any atom is -0.488 e. The number of aryl methyl sites for hydroxylation is 2. The lowest BCUT2D eigenvalue weighted by Crippen LogP contribution is -2.30. The average Bonchev–Trinajstić information content (AvgIpc) is 3.33. The summed E-state index contributed by atoms with van der Waals surface area (Å²) in [5, 5.41) is 23.5. The minimum atomic E-state index is -0.973. The van der Waals surface area contributed by atoms with Crippen molar-refractivity contribution in [2.75, 3.05) is 43.5 Å². The van der Waals surface area contributed by atoms with Crippen LogP contribution < -0.4 is 30.7 Å². The van der Waals surface area contributed by atoms with Crippen LogP contribution in [0.25, 0.3) is 21.8 Å². The van der Waals surface area contributed by atoms with Crippen LogP contribution in [0.1, 0.15) is 92.9 Å². The van der Waals surface area contributed by atoms with E-state index in [1.165, 1.54) is 0 Å².